The van der Waals surface area contributed by atoms with E-state index >= 15 is 0 Å². The van der Waals surface area contributed by atoms with Crippen LogP contribution in [0.25, 0.3) is 0 Å². The summed E-state index contributed by atoms with van der Waals surface area (Å²) >= 11 is 0. The molecule has 0 N–H and O–H groups in total. The Morgan fingerprint density at radius 3 is 2.52 bits per heavy atom. The van der Waals surface area contributed by atoms with E-state index in [-0.39, 0.29) is 23.0 Å². The molecule has 2 aliphatic rings. The summed E-state index contributed by atoms with van der Waals surface area (Å²) in [6.07, 6.45) is 6.57. The lowest BCUT2D eigenvalue weighted by Gasteiger charge is -2.41. The standard InChI is InChI=1S/C20H23NO2/c1-4-11-21-12-10-16(15-8-6-5-7-9-15)20(18(21)23)14-19(2,3)13-17(20)22/h4-10,12,16H,1,11,13-14H2,2-3H3/t16-,20-/m1/s1. The molecule has 0 bridgehead atoms. The van der Waals surface area contributed by atoms with Crippen molar-refractivity contribution < 1.29 is 9.59 Å². The van der Waals surface area contributed by atoms with E-state index in [1.54, 1.807) is 11.0 Å². The molecule has 1 amide bonds. The molecule has 0 unspecified atom stereocenters. The first-order chi connectivity index (χ1) is 10.9. The van der Waals surface area contributed by atoms with Gasteiger partial charge in [0.25, 0.3) is 0 Å². The Morgan fingerprint density at radius 2 is 1.96 bits per heavy atom. The minimum absolute atomic E-state index is 0.0692. The number of Topliss-reactive ketones (excluding diaryl/α,β-unsaturated/α-hetero) is 1. The topological polar surface area (TPSA) is 37.4 Å². The second kappa shape index (κ2) is 5.48. The third-order valence-corrected chi connectivity index (χ3v) is 5.01. The van der Waals surface area contributed by atoms with E-state index < -0.39 is 5.41 Å². The van der Waals surface area contributed by atoms with E-state index in [2.05, 4.69) is 20.4 Å². The van der Waals surface area contributed by atoms with Gasteiger partial charge in [-0.1, -0.05) is 56.3 Å². The van der Waals surface area contributed by atoms with E-state index in [1.165, 1.54) is 0 Å². The first-order valence-corrected chi connectivity index (χ1v) is 8.09. The molecule has 23 heavy (non-hydrogen) atoms. The van der Waals surface area contributed by atoms with E-state index in [0.29, 0.717) is 19.4 Å². The number of nitrogens with zero attached hydrogens (tertiary/aromatic N) is 1. The van der Waals surface area contributed by atoms with Crippen LogP contribution in [0.2, 0.25) is 0 Å². The summed E-state index contributed by atoms with van der Waals surface area (Å²) < 4.78 is 0. The highest BCUT2D eigenvalue weighted by Crippen LogP contribution is 2.56. The van der Waals surface area contributed by atoms with Gasteiger partial charge in [-0.05, 0) is 17.4 Å². The molecule has 1 aliphatic heterocycles. The zero-order chi connectivity index (χ0) is 16.7. The normalized spacial score (nSPS) is 29.3. The molecule has 1 spiro atoms. The summed E-state index contributed by atoms with van der Waals surface area (Å²) in [6.45, 7) is 8.30. The molecule has 1 heterocycles. The maximum atomic E-state index is 13.2. The lowest BCUT2D eigenvalue weighted by atomic mass is 9.66. The molecule has 3 rings (SSSR count). The molecule has 1 aliphatic carbocycles. The lowest BCUT2D eigenvalue weighted by Crippen LogP contribution is -2.50. The lowest BCUT2D eigenvalue weighted by molar-refractivity contribution is -0.147. The molecule has 1 saturated carbocycles. The van der Waals surface area contributed by atoms with Gasteiger partial charge in [0.15, 0.2) is 0 Å². The zero-order valence-electron chi connectivity index (χ0n) is 13.8. The Balaban J connectivity index is 2.14. The fourth-order valence-corrected chi connectivity index (χ4v) is 4.14. The Labute approximate surface area is 137 Å². The van der Waals surface area contributed by atoms with Crippen LogP contribution in [0.4, 0.5) is 0 Å². The number of hydrogen-bond acceptors (Lipinski definition) is 2. The van der Waals surface area contributed by atoms with Crippen LogP contribution < -0.4 is 0 Å². The van der Waals surface area contributed by atoms with Gasteiger partial charge >= 0.3 is 0 Å². The summed E-state index contributed by atoms with van der Waals surface area (Å²) in [5.41, 5.74) is -0.0886. The summed E-state index contributed by atoms with van der Waals surface area (Å²) in [7, 11) is 0. The zero-order valence-corrected chi connectivity index (χ0v) is 13.8. The van der Waals surface area contributed by atoms with Gasteiger partial charge in [-0.25, -0.2) is 0 Å². The van der Waals surface area contributed by atoms with Crippen LogP contribution in [0.15, 0.2) is 55.3 Å². The number of allylic oxidation sites excluding steroid dienone is 1. The van der Waals surface area contributed by atoms with Crippen LogP contribution in [0.3, 0.4) is 0 Å². The predicted molar refractivity (Wildman–Crippen MR) is 90.7 cm³/mol. The number of carbonyl (C=O) groups is 2. The molecule has 2 atom stereocenters. The van der Waals surface area contributed by atoms with Gasteiger partial charge in [0.1, 0.15) is 11.2 Å². The number of rotatable bonds is 3. The van der Waals surface area contributed by atoms with Crippen LogP contribution in [-0.4, -0.2) is 23.1 Å². The maximum absolute atomic E-state index is 13.2. The highest BCUT2D eigenvalue weighted by atomic mass is 16.2. The number of benzene rings is 1. The van der Waals surface area contributed by atoms with Crippen molar-refractivity contribution in [2.24, 2.45) is 10.8 Å². The molecule has 1 fully saturated rings. The van der Waals surface area contributed by atoms with E-state index in [9.17, 15) is 9.59 Å². The number of carbonyl (C=O) groups excluding carboxylic acids is 2. The molecule has 0 saturated heterocycles. The van der Waals surface area contributed by atoms with Crippen molar-refractivity contribution in [2.75, 3.05) is 6.54 Å². The predicted octanol–water partition coefficient (Wildman–Crippen LogP) is 3.69. The van der Waals surface area contributed by atoms with Crippen LogP contribution in [-0.2, 0) is 9.59 Å². The van der Waals surface area contributed by atoms with E-state index in [0.717, 1.165) is 5.56 Å². The van der Waals surface area contributed by atoms with Gasteiger partial charge in [0, 0.05) is 25.1 Å². The third-order valence-electron chi connectivity index (χ3n) is 5.01. The van der Waals surface area contributed by atoms with Crippen molar-refractivity contribution in [1.29, 1.82) is 0 Å². The molecule has 120 valence electrons. The van der Waals surface area contributed by atoms with Crippen molar-refractivity contribution in [3.05, 3.63) is 60.8 Å². The highest BCUT2D eigenvalue weighted by molar-refractivity contribution is 6.10. The van der Waals surface area contributed by atoms with E-state index in [4.69, 9.17) is 0 Å². The Bertz CT molecular complexity index is 674. The average molecular weight is 309 g/mol. The van der Waals surface area contributed by atoms with Crippen LogP contribution >= 0.6 is 0 Å². The molecular weight excluding hydrogens is 286 g/mol. The van der Waals surface area contributed by atoms with Crippen molar-refractivity contribution >= 4 is 11.7 Å². The Hall–Kier alpha value is -2.16. The van der Waals surface area contributed by atoms with Crippen molar-refractivity contribution in [1.82, 2.24) is 4.90 Å². The van der Waals surface area contributed by atoms with Crippen molar-refractivity contribution in [3.63, 3.8) is 0 Å². The monoisotopic (exact) mass is 309 g/mol. The van der Waals surface area contributed by atoms with Gasteiger partial charge in [-0.3, -0.25) is 9.59 Å². The minimum atomic E-state index is -0.970. The quantitative estimate of drug-likeness (QED) is 0.631. The maximum Gasteiger partial charge on any atom is 0.241 e. The molecule has 0 radical (unpaired) electrons. The van der Waals surface area contributed by atoms with Gasteiger partial charge < -0.3 is 4.90 Å². The minimum Gasteiger partial charge on any atom is -0.315 e. The fraction of sp³-hybridized carbons (Fsp3) is 0.400. The summed E-state index contributed by atoms with van der Waals surface area (Å²) in [4.78, 5) is 27.9. The van der Waals surface area contributed by atoms with Crippen molar-refractivity contribution in [3.8, 4) is 0 Å². The SMILES string of the molecule is C=CCN1C=C[C@H](c2ccccc2)[C@@]2(CC(C)(C)CC2=O)C1=O. The average Bonchev–Trinajstić information content (AvgIpc) is 2.75. The molecule has 3 heteroatoms. The molecule has 3 nitrogen and oxygen atoms in total. The summed E-state index contributed by atoms with van der Waals surface area (Å²) in [5.74, 6) is -0.198. The number of amides is 1. The smallest absolute Gasteiger partial charge is 0.241 e. The van der Waals surface area contributed by atoms with Gasteiger partial charge in [-0.2, -0.15) is 0 Å². The van der Waals surface area contributed by atoms with Gasteiger partial charge in [0.05, 0.1) is 0 Å². The first-order valence-electron chi connectivity index (χ1n) is 8.09. The third kappa shape index (κ3) is 2.44. The molecule has 1 aromatic carbocycles. The van der Waals surface area contributed by atoms with Gasteiger partial charge in [-0.15, -0.1) is 6.58 Å². The summed E-state index contributed by atoms with van der Waals surface area (Å²) in [6, 6.07) is 9.89. The van der Waals surface area contributed by atoms with Crippen LogP contribution in [0.5, 0.6) is 0 Å². The van der Waals surface area contributed by atoms with E-state index in [1.807, 2.05) is 42.6 Å². The summed E-state index contributed by atoms with van der Waals surface area (Å²) in [5, 5.41) is 0. The Morgan fingerprint density at radius 1 is 1.26 bits per heavy atom. The van der Waals surface area contributed by atoms with Crippen molar-refractivity contribution in [2.45, 2.75) is 32.6 Å². The molecular formula is C20H23NO2. The number of hydrogen-bond donors (Lipinski definition) is 0. The van der Waals surface area contributed by atoms with Gasteiger partial charge in [0.2, 0.25) is 5.91 Å². The van der Waals surface area contributed by atoms with Crippen LogP contribution in [0, 0.1) is 10.8 Å². The first kappa shape index (κ1) is 15.7. The molecule has 0 aromatic heterocycles. The number of ketones is 1. The highest BCUT2D eigenvalue weighted by Gasteiger charge is 2.61. The van der Waals surface area contributed by atoms with Crippen LogP contribution in [0.1, 0.15) is 38.2 Å². The molecule has 1 aromatic rings. The fourth-order valence-electron chi connectivity index (χ4n) is 4.14. The Kier molecular flexibility index (Phi) is 3.75. The largest absolute Gasteiger partial charge is 0.315 e. The second-order valence-corrected chi connectivity index (χ2v) is 7.39. The second-order valence-electron chi connectivity index (χ2n) is 7.39.